The van der Waals surface area contributed by atoms with Crippen molar-refractivity contribution in [2.75, 3.05) is 32.8 Å². The monoisotopic (exact) mass is 292 g/mol. The number of nitrogens with zero attached hydrogens (tertiary/aromatic N) is 1. The zero-order valence-electron chi connectivity index (χ0n) is 12.7. The molecular weight excluding hydrogens is 268 g/mol. The summed E-state index contributed by atoms with van der Waals surface area (Å²) in [5, 5.41) is 10.4. The van der Waals surface area contributed by atoms with Crippen molar-refractivity contribution in [3.05, 3.63) is 23.8 Å². The largest absolute Gasteiger partial charge is 0.486 e. The minimum absolute atomic E-state index is 0.302. The Bertz CT molecular complexity index is 510. The quantitative estimate of drug-likeness (QED) is 0.871. The SMILES string of the molecule is CC1(C)CN(CC(N)C(O)c2ccc3c(c2)OCCO3)C1. The van der Waals surface area contributed by atoms with E-state index < -0.39 is 6.10 Å². The zero-order chi connectivity index (χ0) is 15.0. The van der Waals surface area contributed by atoms with Crippen LogP contribution in [0.25, 0.3) is 0 Å². The van der Waals surface area contributed by atoms with Crippen LogP contribution in [0.3, 0.4) is 0 Å². The Labute approximate surface area is 125 Å². The maximum Gasteiger partial charge on any atom is 0.161 e. The Morgan fingerprint density at radius 2 is 1.90 bits per heavy atom. The van der Waals surface area contributed by atoms with Gasteiger partial charge in [0.2, 0.25) is 0 Å². The van der Waals surface area contributed by atoms with E-state index in [4.69, 9.17) is 15.2 Å². The molecule has 1 fully saturated rings. The summed E-state index contributed by atoms with van der Waals surface area (Å²) in [6.07, 6.45) is -0.690. The van der Waals surface area contributed by atoms with Gasteiger partial charge in [0.1, 0.15) is 13.2 Å². The van der Waals surface area contributed by atoms with Crippen molar-refractivity contribution < 1.29 is 14.6 Å². The summed E-state index contributed by atoms with van der Waals surface area (Å²) in [6.45, 7) is 8.38. The molecule has 2 atom stereocenters. The first-order chi connectivity index (χ1) is 9.94. The van der Waals surface area contributed by atoms with E-state index in [0.717, 1.165) is 24.4 Å². The highest BCUT2D eigenvalue weighted by Gasteiger charge is 2.35. The number of hydrogen-bond acceptors (Lipinski definition) is 5. The molecule has 2 aliphatic rings. The molecule has 1 saturated heterocycles. The maximum atomic E-state index is 10.4. The molecule has 2 aliphatic heterocycles. The van der Waals surface area contributed by atoms with Crippen molar-refractivity contribution in [3.8, 4) is 11.5 Å². The van der Waals surface area contributed by atoms with E-state index in [1.807, 2.05) is 18.2 Å². The van der Waals surface area contributed by atoms with Crippen molar-refractivity contribution in [1.29, 1.82) is 0 Å². The maximum absolute atomic E-state index is 10.4. The highest BCUT2D eigenvalue weighted by atomic mass is 16.6. The first-order valence-electron chi connectivity index (χ1n) is 7.50. The van der Waals surface area contributed by atoms with Gasteiger partial charge in [0, 0.05) is 25.7 Å². The number of likely N-dealkylation sites (tertiary alicyclic amines) is 1. The van der Waals surface area contributed by atoms with Gasteiger partial charge in [-0.15, -0.1) is 0 Å². The van der Waals surface area contributed by atoms with Gasteiger partial charge in [-0.1, -0.05) is 19.9 Å². The van der Waals surface area contributed by atoms with Crippen LogP contribution in [0.15, 0.2) is 18.2 Å². The summed E-state index contributed by atoms with van der Waals surface area (Å²) in [4.78, 5) is 2.28. The fourth-order valence-corrected chi connectivity index (χ4v) is 3.18. The lowest BCUT2D eigenvalue weighted by Gasteiger charge is -2.47. The fraction of sp³-hybridized carbons (Fsp3) is 0.625. The molecule has 116 valence electrons. The fourth-order valence-electron chi connectivity index (χ4n) is 3.18. The van der Waals surface area contributed by atoms with Gasteiger partial charge in [-0.2, -0.15) is 0 Å². The molecule has 0 aromatic heterocycles. The Hall–Kier alpha value is -1.30. The van der Waals surface area contributed by atoms with Crippen molar-refractivity contribution in [2.45, 2.75) is 26.0 Å². The summed E-state index contributed by atoms with van der Waals surface area (Å²) < 4.78 is 11.0. The Morgan fingerprint density at radius 3 is 2.57 bits per heavy atom. The lowest BCUT2D eigenvalue weighted by atomic mass is 9.84. The summed E-state index contributed by atoms with van der Waals surface area (Å²) in [6, 6.07) is 5.23. The number of nitrogens with two attached hydrogens (primary N) is 1. The van der Waals surface area contributed by atoms with E-state index in [1.165, 1.54) is 0 Å². The summed E-state index contributed by atoms with van der Waals surface area (Å²) in [5.74, 6) is 1.42. The molecule has 3 N–H and O–H groups in total. The second kappa shape index (κ2) is 5.48. The van der Waals surface area contributed by atoms with E-state index in [9.17, 15) is 5.11 Å². The van der Waals surface area contributed by atoms with Crippen molar-refractivity contribution in [2.24, 2.45) is 11.1 Å². The molecule has 0 saturated carbocycles. The molecular formula is C16H24N2O3. The minimum Gasteiger partial charge on any atom is -0.486 e. The lowest BCUT2D eigenvalue weighted by molar-refractivity contribution is 0.0102. The number of fused-ring (bicyclic) bond motifs is 1. The number of benzene rings is 1. The average molecular weight is 292 g/mol. The highest BCUT2D eigenvalue weighted by Crippen LogP contribution is 2.34. The third-order valence-electron chi connectivity index (χ3n) is 4.09. The molecule has 2 unspecified atom stereocenters. The van der Waals surface area contributed by atoms with Gasteiger partial charge in [0.05, 0.1) is 6.10 Å². The first kappa shape index (κ1) is 14.6. The Balaban J connectivity index is 1.63. The van der Waals surface area contributed by atoms with E-state index in [-0.39, 0.29) is 6.04 Å². The lowest BCUT2D eigenvalue weighted by Crippen LogP contribution is -2.56. The standard InChI is InChI=1S/C16H24N2O3/c1-16(2)9-18(10-16)8-12(17)15(19)11-3-4-13-14(7-11)21-6-5-20-13/h3-4,7,12,15,19H,5-6,8-10,17H2,1-2H3. The molecule has 0 bridgehead atoms. The van der Waals surface area contributed by atoms with Gasteiger partial charge >= 0.3 is 0 Å². The minimum atomic E-state index is -0.690. The van der Waals surface area contributed by atoms with Crippen molar-refractivity contribution in [1.82, 2.24) is 4.90 Å². The molecule has 5 heteroatoms. The van der Waals surface area contributed by atoms with Crippen LogP contribution in [-0.2, 0) is 0 Å². The van der Waals surface area contributed by atoms with Crippen LogP contribution in [-0.4, -0.2) is 48.9 Å². The van der Waals surface area contributed by atoms with Crippen LogP contribution in [0, 0.1) is 5.41 Å². The Morgan fingerprint density at radius 1 is 1.24 bits per heavy atom. The van der Waals surface area contributed by atoms with Crippen molar-refractivity contribution in [3.63, 3.8) is 0 Å². The molecule has 5 nitrogen and oxygen atoms in total. The van der Waals surface area contributed by atoms with Crippen LogP contribution < -0.4 is 15.2 Å². The molecule has 0 radical (unpaired) electrons. The second-order valence-electron chi connectivity index (χ2n) is 6.85. The van der Waals surface area contributed by atoms with E-state index in [2.05, 4.69) is 18.7 Å². The Kier molecular flexibility index (Phi) is 3.82. The third kappa shape index (κ3) is 3.15. The van der Waals surface area contributed by atoms with Crippen LogP contribution in [0.1, 0.15) is 25.5 Å². The number of aliphatic hydroxyl groups is 1. The molecule has 0 aliphatic carbocycles. The second-order valence-corrected chi connectivity index (χ2v) is 6.85. The normalized spacial score (nSPS) is 23.2. The number of ether oxygens (including phenoxy) is 2. The average Bonchev–Trinajstić information content (AvgIpc) is 2.44. The van der Waals surface area contributed by atoms with Gasteiger partial charge in [0.15, 0.2) is 11.5 Å². The molecule has 3 rings (SSSR count). The van der Waals surface area contributed by atoms with Gasteiger partial charge in [-0.3, -0.25) is 0 Å². The zero-order valence-corrected chi connectivity index (χ0v) is 12.7. The third-order valence-corrected chi connectivity index (χ3v) is 4.09. The van der Waals surface area contributed by atoms with Gasteiger partial charge in [0.25, 0.3) is 0 Å². The highest BCUT2D eigenvalue weighted by molar-refractivity contribution is 5.44. The molecule has 21 heavy (non-hydrogen) atoms. The topological polar surface area (TPSA) is 68.0 Å². The summed E-state index contributed by atoms with van der Waals surface area (Å²) in [7, 11) is 0. The van der Waals surface area contributed by atoms with Crippen LogP contribution in [0.2, 0.25) is 0 Å². The van der Waals surface area contributed by atoms with E-state index in [1.54, 1.807) is 0 Å². The van der Waals surface area contributed by atoms with Crippen LogP contribution >= 0.6 is 0 Å². The van der Waals surface area contributed by atoms with Gasteiger partial charge in [-0.25, -0.2) is 0 Å². The van der Waals surface area contributed by atoms with E-state index >= 15 is 0 Å². The van der Waals surface area contributed by atoms with Gasteiger partial charge < -0.3 is 25.2 Å². The molecule has 0 spiro atoms. The number of hydrogen-bond donors (Lipinski definition) is 2. The summed E-state index contributed by atoms with van der Waals surface area (Å²) >= 11 is 0. The predicted molar refractivity (Wildman–Crippen MR) is 80.6 cm³/mol. The molecule has 0 amide bonds. The predicted octanol–water partition coefficient (Wildman–Crippen LogP) is 1.16. The number of rotatable bonds is 4. The molecule has 1 aromatic rings. The van der Waals surface area contributed by atoms with Crippen LogP contribution in [0.5, 0.6) is 11.5 Å². The molecule has 1 aromatic carbocycles. The molecule has 2 heterocycles. The summed E-state index contributed by atoms with van der Waals surface area (Å²) in [5.41, 5.74) is 7.32. The first-order valence-corrected chi connectivity index (χ1v) is 7.50. The van der Waals surface area contributed by atoms with Crippen LogP contribution in [0.4, 0.5) is 0 Å². The van der Waals surface area contributed by atoms with Gasteiger partial charge in [-0.05, 0) is 23.1 Å². The van der Waals surface area contributed by atoms with Crippen molar-refractivity contribution >= 4 is 0 Å². The number of aliphatic hydroxyl groups excluding tert-OH is 1. The smallest absolute Gasteiger partial charge is 0.161 e. The van der Waals surface area contributed by atoms with E-state index in [0.29, 0.717) is 30.9 Å².